The average molecular weight is 174 g/mol. The topological polar surface area (TPSA) is 29.9 Å². The Labute approximate surface area is 72.2 Å². The summed E-state index contributed by atoms with van der Waals surface area (Å²) in [5.74, 6) is 0. The van der Waals surface area contributed by atoms with Gasteiger partial charge in [-0.15, -0.1) is 12.4 Å². The van der Waals surface area contributed by atoms with E-state index in [2.05, 4.69) is 21.2 Å². The van der Waals surface area contributed by atoms with Gasteiger partial charge in [-0.1, -0.05) is 0 Å². The van der Waals surface area contributed by atoms with Gasteiger partial charge in [0.25, 0.3) is 0 Å². The number of fused-ring (bicyclic) bond motifs is 1. The van der Waals surface area contributed by atoms with Gasteiger partial charge in [0.15, 0.2) is 0 Å². The van der Waals surface area contributed by atoms with E-state index >= 15 is 0 Å². The number of nitrogens with zero attached hydrogens (tertiary/aromatic N) is 2. The quantitative estimate of drug-likeness (QED) is 0.629. The summed E-state index contributed by atoms with van der Waals surface area (Å²) >= 11 is 0. The molecular formula is C7H12ClN3. The smallest absolute Gasteiger partial charge is 0.0522 e. The van der Waals surface area contributed by atoms with Crippen LogP contribution in [-0.2, 0) is 13.1 Å². The average Bonchev–Trinajstić information content (AvgIpc) is 2.28. The van der Waals surface area contributed by atoms with E-state index in [0.29, 0.717) is 0 Å². The highest BCUT2D eigenvalue weighted by molar-refractivity contribution is 5.85. The monoisotopic (exact) mass is 173 g/mol. The molecular weight excluding hydrogens is 162 g/mol. The normalized spacial score (nSPS) is 16.4. The van der Waals surface area contributed by atoms with Crippen molar-refractivity contribution < 1.29 is 0 Å². The highest BCUT2D eigenvalue weighted by Gasteiger charge is 2.04. The Kier molecular flexibility index (Phi) is 2.91. The molecule has 62 valence electrons. The maximum Gasteiger partial charge on any atom is 0.0522 e. The summed E-state index contributed by atoms with van der Waals surface area (Å²) in [6.07, 6.45) is 3.05. The summed E-state index contributed by atoms with van der Waals surface area (Å²) in [4.78, 5) is 0. The molecule has 1 aliphatic heterocycles. The number of hydrogen-bond donors (Lipinski definition) is 1. The van der Waals surface area contributed by atoms with Gasteiger partial charge in [-0.25, -0.2) is 0 Å². The number of nitrogens with one attached hydrogen (secondary N) is 1. The van der Waals surface area contributed by atoms with E-state index in [1.807, 2.05) is 6.20 Å². The molecule has 0 fully saturated rings. The van der Waals surface area contributed by atoms with E-state index in [1.54, 1.807) is 0 Å². The lowest BCUT2D eigenvalue weighted by Gasteiger charge is -1.98. The van der Waals surface area contributed by atoms with E-state index in [-0.39, 0.29) is 12.4 Å². The number of rotatable bonds is 0. The SMILES string of the molecule is Cl.c1cc2n(n1)CCCNC2. The second-order valence-electron chi connectivity index (χ2n) is 2.58. The summed E-state index contributed by atoms with van der Waals surface area (Å²) in [5.41, 5.74) is 1.30. The van der Waals surface area contributed by atoms with Gasteiger partial charge < -0.3 is 5.32 Å². The molecule has 1 aromatic rings. The lowest BCUT2D eigenvalue weighted by atomic mass is 10.4. The summed E-state index contributed by atoms with van der Waals surface area (Å²) in [5, 5.41) is 7.52. The van der Waals surface area contributed by atoms with Crippen LogP contribution in [-0.4, -0.2) is 16.3 Å². The lowest BCUT2D eigenvalue weighted by molar-refractivity contribution is 0.587. The van der Waals surface area contributed by atoms with Crippen LogP contribution in [0.15, 0.2) is 12.3 Å². The third-order valence-electron chi connectivity index (χ3n) is 1.83. The van der Waals surface area contributed by atoms with Gasteiger partial charge in [0.05, 0.1) is 5.69 Å². The molecule has 0 radical (unpaired) electrons. The molecule has 2 heterocycles. The zero-order valence-corrected chi connectivity index (χ0v) is 7.10. The Bertz CT molecular complexity index is 201. The van der Waals surface area contributed by atoms with Crippen LogP contribution in [0, 0.1) is 0 Å². The fraction of sp³-hybridized carbons (Fsp3) is 0.571. The minimum atomic E-state index is 0. The predicted molar refractivity (Wildman–Crippen MR) is 45.8 cm³/mol. The first kappa shape index (κ1) is 8.56. The van der Waals surface area contributed by atoms with Crippen LogP contribution in [0.2, 0.25) is 0 Å². The van der Waals surface area contributed by atoms with Crippen LogP contribution in [0.1, 0.15) is 12.1 Å². The number of halogens is 1. The van der Waals surface area contributed by atoms with Gasteiger partial charge in [-0.2, -0.15) is 5.10 Å². The third-order valence-corrected chi connectivity index (χ3v) is 1.83. The van der Waals surface area contributed by atoms with E-state index < -0.39 is 0 Å². The molecule has 2 rings (SSSR count). The first-order chi connectivity index (χ1) is 4.97. The molecule has 0 bridgehead atoms. The van der Waals surface area contributed by atoms with Crippen molar-refractivity contribution in [3.63, 3.8) is 0 Å². The van der Waals surface area contributed by atoms with Crippen molar-refractivity contribution in [2.45, 2.75) is 19.5 Å². The minimum Gasteiger partial charge on any atom is -0.311 e. The van der Waals surface area contributed by atoms with Crippen LogP contribution >= 0.6 is 12.4 Å². The first-order valence-electron chi connectivity index (χ1n) is 3.68. The van der Waals surface area contributed by atoms with Crippen molar-refractivity contribution in [2.24, 2.45) is 0 Å². The van der Waals surface area contributed by atoms with Gasteiger partial charge in [-0.05, 0) is 19.0 Å². The van der Waals surface area contributed by atoms with Gasteiger partial charge in [-0.3, -0.25) is 4.68 Å². The Morgan fingerprint density at radius 3 is 3.36 bits per heavy atom. The summed E-state index contributed by atoms with van der Waals surface area (Å²) in [7, 11) is 0. The van der Waals surface area contributed by atoms with E-state index in [0.717, 1.165) is 19.6 Å². The highest BCUT2D eigenvalue weighted by Crippen LogP contribution is 2.02. The predicted octanol–water partition coefficient (Wildman–Crippen LogP) is 0.798. The zero-order valence-electron chi connectivity index (χ0n) is 6.29. The Morgan fingerprint density at radius 2 is 2.45 bits per heavy atom. The van der Waals surface area contributed by atoms with Gasteiger partial charge in [0.2, 0.25) is 0 Å². The molecule has 1 aromatic heterocycles. The summed E-state index contributed by atoms with van der Waals surface area (Å²) < 4.78 is 2.07. The van der Waals surface area contributed by atoms with Gasteiger partial charge in [0, 0.05) is 19.3 Å². The zero-order chi connectivity index (χ0) is 6.81. The second kappa shape index (κ2) is 3.74. The van der Waals surface area contributed by atoms with E-state index in [4.69, 9.17) is 0 Å². The van der Waals surface area contributed by atoms with Gasteiger partial charge in [0.1, 0.15) is 0 Å². The van der Waals surface area contributed by atoms with Crippen molar-refractivity contribution in [3.8, 4) is 0 Å². The Hall–Kier alpha value is -0.540. The Balaban J connectivity index is 0.000000605. The molecule has 0 atom stereocenters. The molecule has 0 saturated carbocycles. The van der Waals surface area contributed by atoms with Crippen molar-refractivity contribution in [3.05, 3.63) is 18.0 Å². The molecule has 0 aliphatic carbocycles. The van der Waals surface area contributed by atoms with Gasteiger partial charge >= 0.3 is 0 Å². The van der Waals surface area contributed by atoms with E-state index in [1.165, 1.54) is 12.1 Å². The van der Waals surface area contributed by atoms with Crippen molar-refractivity contribution in [1.82, 2.24) is 15.1 Å². The molecule has 0 spiro atoms. The molecule has 0 unspecified atom stereocenters. The first-order valence-corrected chi connectivity index (χ1v) is 3.68. The molecule has 0 amide bonds. The maximum atomic E-state index is 4.19. The lowest BCUT2D eigenvalue weighted by Crippen LogP contribution is -2.11. The van der Waals surface area contributed by atoms with Crippen LogP contribution in [0.4, 0.5) is 0 Å². The van der Waals surface area contributed by atoms with Crippen LogP contribution in [0.25, 0.3) is 0 Å². The van der Waals surface area contributed by atoms with Crippen LogP contribution < -0.4 is 5.32 Å². The second-order valence-corrected chi connectivity index (χ2v) is 2.58. The van der Waals surface area contributed by atoms with Crippen LogP contribution in [0.5, 0.6) is 0 Å². The molecule has 0 aromatic carbocycles. The molecule has 1 aliphatic rings. The van der Waals surface area contributed by atoms with Crippen molar-refractivity contribution in [2.75, 3.05) is 6.54 Å². The Morgan fingerprint density at radius 1 is 1.55 bits per heavy atom. The summed E-state index contributed by atoms with van der Waals surface area (Å²) in [6, 6.07) is 2.07. The largest absolute Gasteiger partial charge is 0.311 e. The number of hydrogen-bond acceptors (Lipinski definition) is 2. The van der Waals surface area contributed by atoms with Crippen LogP contribution in [0.3, 0.4) is 0 Å². The fourth-order valence-electron chi connectivity index (χ4n) is 1.28. The maximum absolute atomic E-state index is 4.19. The number of aromatic nitrogens is 2. The fourth-order valence-corrected chi connectivity index (χ4v) is 1.28. The molecule has 1 N–H and O–H groups in total. The number of aryl methyl sites for hydroxylation is 1. The molecule has 3 nitrogen and oxygen atoms in total. The molecule has 11 heavy (non-hydrogen) atoms. The van der Waals surface area contributed by atoms with E-state index in [9.17, 15) is 0 Å². The third kappa shape index (κ3) is 1.73. The highest BCUT2D eigenvalue weighted by atomic mass is 35.5. The van der Waals surface area contributed by atoms with Crippen molar-refractivity contribution in [1.29, 1.82) is 0 Å². The minimum absolute atomic E-state index is 0. The van der Waals surface area contributed by atoms with Crippen molar-refractivity contribution >= 4 is 12.4 Å². The standard InChI is InChI=1S/C7H11N3.ClH/c1-3-8-6-7-2-4-9-10(7)5-1;/h2,4,8H,1,3,5-6H2;1H. The molecule has 0 saturated heterocycles. The summed E-state index contributed by atoms with van der Waals surface area (Å²) in [6.45, 7) is 3.15. The molecule has 4 heteroatoms.